The highest BCUT2D eigenvalue weighted by Crippen LogP contribution is 2.31. The van der Waals surface area contributed by atoms with Gasteiger partial charge in [0.25, 0.3) is 5.91 Å². The first kappa shape index (κ1) is 18.6. The Morgan fingerprint density at radius 2 is 2.18 bits per heavy atom. The van der Waals surface area contributed by atoms with Crippen molar-refractivity contribution in [2.45, 2.75) is 26.8 Å². The topological polar surface area (TPSA) is 80.1 Å². The number of carbonyl (C=O) groups excluding carboxylic acids is 2. The molecule has 28 heavy (non-hydrogen) atoms. The molecule has 0 saturated carbocycles. The van der Waals surface area contributed by atoms with Gasteiger partial charge in [-0.3, -0.25) is 14.3 Å². The summed E-state index contributed by atoms with van der Waals surface area (Å²) in [6.07, 6.45) is 0. The second-order valence-electron chi connectivity index (χ2n) is 7.42. The fourth-order valence-corrected chi connectivity index (χ4v) is 4.58. The molecule has 1 atom stereocenters. The molecule has 0 bridgehead atoms. The lowest BCUT2D eigenvalue weighted by Gasteiger charge is -2.37. The standard InChI is InChI=1S/C20H23N5O2S/c1-11(2)17-19(26)21-7-8-25(17)20(27)13-10-14(15-6-5-9-28-15)22-18-16(13)12(3)23-24(18)4/h5-6,9-11,17H,7-8H2,1-4H3,(H,21,26). The molecule has 4 rings (SSSR count). The number of piperazine rings is 1. The Balaban J connectivity index is 1.89. The van der Waals surface area contributed by atoms with Crippen molar-refractivity contribution in [1.29, 1.82) is 0 Å². The molecule has 2 amide bonds. The van der Waals surface area contributed by atoms with Crippen LogP contribution in [0.1, 0.15) is 29.9 Å². The van der Waals surface area contributed by atoms with Crippen LogP contribution in [0.3, 0.4) is 0 Å². The number of hydrogen-bond acceptors (Lipinski definition) is 5. The van der Waals surface area contributed by atoms with Crippen molar-refractivity contribution in [3.05, 3.63) is 34.8 Å². The molecule has 0 aliphatic carbocycles. The molecule has 1 aliphatic heterocycles. The molecule has 0 radical (unpaired) electrons. The molecule has 7 nitrogen and oxygen atoms in total. The van der Waals surface area contributed by atoms with E-state index < -0.39 is 6.04 Å². The first-order valence-corrected chi connectivity index (χ1v) is 10.2. The van der Waals surface area contributed by atoms with Gasteiger partial charge in [-0.15, -0.1) is 11.3 Å². The van der Waals surface area contributed by atoms with Gasteiger partial charge >= 0.3 is 0 Å². The minimum atomic E-state index is -0.480. The van der Waals surface area contributed by atoms with Gasteiger partial charge in [0.1, 0.15) is 6.04 Å². The SMILES string of the molecule is Cc1nn(C)c2nc(-c3cccs3)cc(C(=O)N3CCNC(=O)C3C(C)C)c12. The van der Waals surface area contributed by atoms with Crippen molar-refractivity contribution in [2.24, 2.45) is 13.0 Å². The molecular formula is C20H23N5O2S. The average molecular weight is 398 g/mol. The van der Waals surface area contributed by atoms with Crippen LogP contribution in [0, 0.1) is 12.8 Å². The van der Waals surface area contributed by atoms with Gasteiger partial charge in [-0.2, -0.15) is 5.10 Å². The van der Waals surface area contributed by atoms with Crippen LogP contribution in [0.25, 0.3) is 21.6 Å². The third kappa shape index (κ3) is 2.97. The molecule has 3 aromatic heterocycles. The molecule has 1 aliphatic rings. The van der Waals surface area contributed by atoms with E-state index in [0.717, 1.165) is 21.7 Å². The van der Waals surface area contributed by atoms with Gasteiger partial charge in [-0.1, -0.05) is 19.9 Å². The van der Waals surface area contributed by atoms with Gasteiger partial charge in [0.15, 0.2) is 5.65 Å². The average Bonchev–Trinajstić information content (AvgIpc) is 3.29. The lowest BCUT2D eigenvalue weighted by atomic mass is 9.97. The fraction of sp³-hybridized carbons (Fsp3) is 0.400. The predicted octanol–water partition coefficient (Wildman–Crippen LogP) is 2.60. The Labute approximate surface area is 167 Å². The number of thiophene rings is 1. The van der Waals surface area contributed by atoms with Crippen LogP contribution < -0.4 is 5.32 Å². The van der Waals surface area contributed by atoms with Gasteiger partial charge in [-0.05, 0) is 30.4 Å². The predicted molar refractivity (Wildman–Crippen MR) is 109 cm³/mol. The maximum Gasteiger partial charge on any atom is 0.255 e. The minimum Gasteiger partial charge on any atom is -0.353 e. The summed E-state index contributed by atoms with van der Waals surface area (Å²) in [5, 5.41) is 10.1. The largest absolute Gasteiger partial charge is 0.353 e. The van der Waals surface area contributed by atoms with Crippen LogP contribution in [0.4, 0.5) is 0 Å². The highest BCUT2D eigenvalue weighted by Gasteiger charge is 2.36. The lowest BCUT2D eigenvalue weighted by Crippen LogP contribution is -2.59. The van der Waals surface area contributed by atoms with Crippen LogP contribution in [-0.2, 0) is 11.8 Å². The quantitative estimate of drug-likeness (QED) is 0.737. The summed E-state index contributed by atoms with van der Waals surface area (Å²) in [7, 11) is 1.83. The summed E-state index contributed by atoms with van der Waals surface area (Å²) >= 11 is 1.58. The smallest absolute Gasteiger partial charge is 0.255 e. The molecular weight excluding hydrogens is 374 g/mol. The molecule has 3 aromatic rings. The normalized spacial score (nSPS) is 17.4. The van der Waals surface area contributed by atoms with Crippen molar-refractivity contribution >= 4 is 34.2 Å². The molecule has 0 aromatic carbocycles. The van der Waals surface area contributed by atoms with E-state index in [2.05, 4.69) is 10.4 Å². The molecule has 1 saturated heterocycles. The molecule has 0 spiro atoms. The van der Waals surface area contributed by atoms with E-state index >= 15 is 0 Å². The second-order valence-corrected chi connectivity index (χ2v) is 8.37. The van der Waals surface area contributed by atoms with Gasteiger partial charge < -0.3 is 10.2 Å². The van der Waals surface area contributed by atoms with Gasteiger partial charge in [0, 0.05) is 20.1 Å². The molecule has 1 fully saturated rings. The number of fused-ring (bicyclic) bond motifs is 1. The summed E-state index contributed by atoms with van der Waals surface area (Å²) in [5.74, 6) is -0.218. The van der Waals surface area contributed by atoms with E-state index in [1.54, 1.807) is 20.9 Å². The second kappa shape index (κ2) is 7.01. The molecule has 1 N–H and O–H groups in total. The van der Waals surface area contributed by atoms with E-state index in [0.29, 0.717) is 24.3 Å². The monoisotopic (exact) mass is 397 g/mol. The Kier molecular flexibility index (Phi) is 4.66. The number of aromatic nitrogens is 3. The summed E-state index contributed by atoms with van der Waals surface area (Å²) in [6, 6.07) is 5.31. The van der Waals surface area contributed by atoms with Crippen molar-refractivity contribution in [3.63, 3.8) is 0 Å². The zero-order valence-electron chi connectivity index (χ0n) is 16.4. The number of nitrogens with one attached hydrogen (secondary N) is 1. The Morgan fingerprint density at radius 3 is 2.86 bits per heavy atom. The number of aryl methyl sites for hydroxylation is 2. The summed E-state index contributed by atoms with van der Waals surface area (Å²) in [6.45, 7) is 6.76. The van der Waals surface area contributed by atoms with E-state index in [1.807, 2.05) is 51.4 Å². The van der Waals surface area contributed by atoms with Crippen LogP contribution in [0.15, 0.2) is 23.6 Å². The van der Waals surface area contributed by atoms with E-state index in [4.69, 9.17) is 4.98 Å². The summed E-state index contributed by atoms with van der Waals surface area (Å²) in [5.41, 5.74) is 2.73. The van der Waals surface area contributed by atoms with Crippen molar-refractivity contribution in [3.8, 4) is 10.6 Å². The molecule has 4 heterocycles. The van der Waals surface area contributed by atoms with Gasteiger partial charge in [0.2, 0.25) is 5.91 Å². The third-order valence-electron chi connectivity index (χ3n) is 5.12. The maximum absolute atomic E-state index is 13.6. The highest BCUT2D eigenvalue weighted by atomic mass is 32.1. The number of hydrogen-bond donors (Lipinski definition) is 1. The van der Waals surface area contributed by atoms with Gasteiger partial charge in [-0.25, -0.2) is 4.98 Å². The van der Waals surface area contributed by atoms with E-state index in [9.17, 15) is 9.59 Å². The summed E-state index contributed by atoms with van der Waals surface area (Å²) < 4.78 is 1.71. The van der Waals surface area contributed by atoms with Crippen molar-refractivity contribution in [2.75, 3.05) is 13.1 Å². The number of pyridine rings is 1. The minimum absolute atomic E-state index is 0.0216. The maximum atomic E-state index is 13.6. The summed E-state index contributed by atoms with van der Waals surface area (Å²) in [4.78, 5) is 33.5. The Hall–Kier alpha value is -2.74. The number of rotatable bonds is 3. The fourth-order valence-electron chi connectivity index (χ4n) is 3.89. The lowest BCUT2D eigenvalue weighted by molar-refractivity contribution is -0.129. The van der Waals surface area contributed by atoms with E-state index in [1.165, 1.54) is 0 Å². The number of nitrogens with zero attached hydrogens (tertiary/aromatic N) is 4. The molecule has 8 heteroatoms. The zero-order chi connectivity index (χ0) is 20.0. The van der Waals surface area contributed by atoms with Crippen LogP contribution in [0.5, 0.6) is 0 Å². The Bertz CT molecular complexity index is 1050. The highest BCUT2D eigenvalue weighted by molar-refractivity contribution is 7.13. The van der Waals surface area contributed by atoms with Crippen molar-refractivity contribution < 1.29 is 9.59 Å². The van der Waals surface area contributed by atoms with Gasteiger partial charge in [0.05, 0.1) is 27.2 Å². The van der Waals surface area contributed by atoms with Crippen LogP contribution >= 0.6 is 11.3 Å². The number of amides is 2. The van der Waals surface area contributed by atoms with Crippen molar-refractivity contribution in [1.82, 2.24) is 25.0 Å². The number of carbonyl (C=O) groups is 2. The third-order valence-corrected chi connectivity index (χ3v) is 6.01. The van der Waals surface area contributed by atoms with Crippen LogP contribution in [0.2, 0.25) is 0 Å². The zero-order valence-corrected chi connectivity index (χ0v) is 17.2. The molecule has 1 unspecified atom stereocenters. The van der Waals surface area contributed by atoms with E-state index in [-0.39, 0.29) is 17.7 Å². The Morgan fingerprint density at radius 1 is 1.39 bits per heavy atom. The molecule has 146 valence electrons. The first-order valence-electron chi connectivity index (χ1n) is 9.35. The van der Waals surface area contributed by atoms with Crippen LogP contribution in [-0.4, -0.2) is 50.6 Å². The first-order chi connectivity index (χ1) is 13.4.